The van der Waals surface area contributed by atoms with Crippen LogP contribution in [-0.2, 0) is 32.0 Å². The van der Waals surface area contributed by atoms with Gasteiger partial charge in [0.1, 0.15) is 17.8 Å². The molecule has 0 saturated heterocycles. The number of amides is 5. The molecular weight excluding hydrogens is 666 g/mol. The van der Waals surface area contributed by atoms with Crippen molar-refractivity contribution in [1.82, 2.24) is 26.6 Å². The summed E-state index contributed by atoms with van der Waals surface area (Å²) in [4.78, 5) is 67.0. The largest absolute Gasteiger partial charge is 0.493 e. The number of carbonyl (C=O) groups is 5. The molecular formula is C39H49N5O8. The number of carbonyl (C=O) groups excluding carboxylic acids is 5. The summed E-state index contributed by atoms with van der Waals surface area (Å²) in [7, 11) is 3.13. The average molecular weight is 716 g/mol. The minimum Gasteiger partial charge on any atom is -0.493 e. The van der Waals surface area contributed by atoms with Gasteiger partial charge in [-0.2, -0.15) is 0 Å². The van der Waals surface area contributed by atoms with Gasteiger partial charge in [0.15, 0.2) is 11.5 Å². The number of ether oxygens (including phenoxy) is 3. The zero-order chi connectivity index (χ0) is 37.5. The number of hydrogen-bond acceptors (Lipinski definition) is 8. The molecule has 1 heterocycles. The van der Waals surface area contributed by atoms with Crippen LogP contribution in [0.15, 0.2) is 72.8 Å². The molecule has 3 aromatic carbocycles. The second-order valence-corrected chi connectivity index (χ2v) is 13.2. The van der Waals surface area contributed by atoms with Gasteiger partial charge >= 0.3 is 0 Å². The van der Waals surface area contributed by atoms with Crippen LogP contribution in [0.25, 0.3) is 0 Å². The van der Waals surface area contributed by atoms with Gasteiger partial charge < -0.3 is 40.8 Å². The Morgan fingerprint density at radius 1 is 0.885 bits per heavy atom. The van der Waals surface area contributed by atoms with Crippen molar-refractivity contribution in [2.75, 3.05) is 33.9 Å². The van der Waals surface area contributed by atoms with E-state index >= 15 is 0 Å². The first kappa shape index (κ1) is 39.2. The molecule has 0 aromatic heterocycles. The van der Waals surface area contributed by atoms with Crippen LogP contribution >= 0.6 is 0 Å². The van der Waals surface area contributed by atoms with Crippen molar-refractivity contribution in [2.45, 2.75) is 70.0 Å². The van der Waals surface area contributed by atoms with Gasteiger partial charge in [0.2, 0.25) is 23.6 Å². The van der Waals surface area contributed by atoms with E-state index in [1.165, 1.54) is 0 Å². The molecule has 52 heavy (non-hydrogen) atoms. The summed E-state index contributed by atoms with van der Waals surface area (Å²) in [5, 5.41) is 14.1. The number of hydrogen-bond donors (Lipinski definition) is 5. The fourth-order valence-electron chi connectivity index (χ4n) is 5.84. The zero-order valence-electron chi connectivity index (χ0n) is 30.2. The molecule has 0 bridgehead atoms. The van der Waals surface area contributed by atoms with Gasteiger partial charge in [-0.15, -0.1) is 0 Å². The minimum absolute atomic E-state index is 0.141. The van der Waals surface area contributed by atoms with Gasteiger partial charge in [-0.1, -0.05) is 48.5 Å². The van der Waals surface area contributed by atoms with Crippen LogP contribution in [0.3, 0.4) is 0 Å². The van der Waals surface area contributed by atoms with Gasteiger partial charge in [-0.3, -0.25) is 24.0 Å². The van der Waals surface area contributed by atoms with Crippen LogP contribution in [-0.4, -0.2) is 81.1 Å². The standard InChI is InChI=1S/C39H49N5O8/c1-39(2)25-35(46)42-29(22-26-12-6-5-7-13-26)37(48)41-20-11-21-52-31-16-9-8-15-28(31)36(47)43-30(24-34(45)44-39)38(49)40-19-10-14-27-17-18-32(50-3)33(23-27)51-4/h5-9,12-13,15-18,23,29-30H,10-11,14,19-22,24-25H2,1-4H3,(H,40,49)(H,41,48)(H,42,46)(H,43,47)(H,44,45)/t29-,30-/m0/s1. The highest BCUT2D eigenvalue weighted by molar-refractivity contribution is 6.00. The highest BCUT2D eigenvalue weighted by Crippen LogP contribution is 2.28. The van der Waals surface area contributed by atoms with Gasteiger partial charge in [0.25, 0.3) is 5.91 Å². The summed E-state index contributed by atoms with van der Waals surface area (Å²) in [5.74, 6) is -0.962. The quantitative estimate of drug-likeness (QED) is 0.211. The third-order valence-electron chi connectivity index (χ3n) is 8.43. The molecule has 1 aliphatic rings. The summed E-state index contributed by atoms with van der Waals surface area (Å²) in [6, 6.07) is 19.5. The average Bonchev–Trinajstić information content (AvgIpc) is 3.12. The van der Waals surface area contributed by atoms with E-state index in [2.05, 4.69) is 26.6 Å². The summed E-state index contributed by atoms with van der Waals surface area (Å²) in [5.41, 5.74) is 0.995. The van der Waals surface area contributed by atoms with E-state index in [9.17, 15) is 24.0 Å². The lowest BCUT2D eigenvalue weighted by molar-refractivity contribution is -0.131. The molecule has 4 rings (SSSR count). The van der Waals surface area contributed by atoms with Crippen molar-refractivity contribution in [3.05, 3.63) is 89.5 Å². The van der Waals surface area contributed by atoms with Crippen LogP contribution in [0.1, 0.15) is 61.0 Å². The van der Waals surface area contributed by atoms with Crippen LogP contribution in [0.5, 0.6) is 17.2 Å². The number of benzene rings is 3. The molecule has 5 amide bonds. The Bertz CT molecular complexity index is 1700. The number of methoxy groups -OCH3 is 2. The highest BCUT2D eigenvalue weighted by atomic mass is 16.5. The molecule has 0 spiro atoms. The van der Waals surface area contributed by atoms with E-state index in [1.54, 1.807) is 52.3 Å². The van der Waals surface area contributed by atoms with Crippen molar-refractivity contribution >= 4 is 29.5 Å². The highest BCUT2D eigenvalue weighted by Gasteiger charge is 2.31. The van der Waals surface area contributed by atoms with Gasteiger partial charge in [-0.25, -0.2) is 0 Å². The molecule has 0 radical (unpaired) electrons. The monoisotopic (exact) mass is 715 g/mol. The lowest BCUT2D eigenvalue weighted by Crippen LogP contribution is -2.54. The van der Waals surface area contributed by atoms with Crippen LogP contribution in [0.4, 0.5) is 0 Å². The van der Waals surface area contributed by atoms with Gasteiger partial charge in [-0.05, 0) is 68.5 Å². The molecule has 13 heteroatoms. The molecule has 278 valence electrons. The van der Waals surface area contributed by atoms with E-state index in [1.807, 2.05) is 48.5 Å². The van der Waals surface area contributed by atoms with Gasteiger partial charge in [0.05, 0.1) is 32.8 Å². The number of aryl methyl sites for hydroxylation is 1. The normalized spacial score (nSPS) is 18.7. The van der Waals surface area contributed by atoms with Crippen LogP contribution in [0, 0.1) is 0 Å². The molecule has 3 aromatic rings. The molecule has 0 fully saturated rings. The Balaban J connectivity index is 1.49. The number of fused-ring (bicyclic) bond motifs is 1. The Hall–Kier alpha value is -5.59. The summed E-state index contributed by atoms with van der Waals surface area (Å²) >= 11 is 0. The summed E-state index contributed by atoms with van der Waals surface area (Å²) < 4.78 is 16.6. The number of para-hydroxylation sites is 1. The maximum absolute atomic E-state index is 13.6. The number of nitrogens with one attached hydrogen (secondary N) is 5. The lowest BCUT2D eigenvalue weighted by atomic mass is 9.98. The van der Waals surface area contributed by atoms with E-state index < -0.39 is 41.3 Å². The lowest BCUT2D eigenvalue weighted by Gasteiger charge is -2.28. The van der Waals surface area contributed by atoms with Crippen molar-refractivity contribution in [3.8, 4) is 17.2 Å². The van der Waals surface area contributed by atoms with E-state index in [4.69, 9.17) is 14.2 Å². The van der Waals surface area contributed by atoms with E-state index in [-0.39, 0.29) is 56.2 Å². The Labute approximate surface area is 304 Å². The van der Waals surface area contributed by atoms with Crippen LogP contribution < -0.4 is 40.8 Å². The smallest absolute Gasteiger partial charge is 0.255 e. The first-order chi connectivity index (χ1) is 25.0. The molecule has 13 nitrogen and oxygen atoms in total. The van der Waals surface area contributed by atoms with Crippen molar-refractivity contribution in [2.24, 2.45) is 0 Å². The second kappa shape index (κ2) is 19.1. The molecule has 0 unspecified atom stereocenters. The third-order valence-corrected chi connectivity index (χ3v) is 8.43. The molecule has 2 atom stereocenters. The number of rotatable bonds is 9. The molecule has 1 aliphatic heterocycles. The summed E-state index contributed by atoms with van der Waals surface area (Å²) in [6.45, 7) is 4.08. The minimum atomic E-state index is -1.23. The molecule has 0 saturated carbocycles. The molecule has 0 aliphatic carbocycles. The maximum Gasteiger partial charge on any atom is 0.255 e. The first-order valence-corrected chi connectivity index (χ1v) is 17.4. The Kier molecular flexibility index (Phi) is 14.4. The fourth-order valence-corrected chi connectivity index (χ4v) is 5.84. The maximum atomic E-state index is 13.6. The predicted molar refractivity (Wildman–Crippen MR) is 195 cm³/mol. The predicted octanol–water partition coefficient (Wildman–Crippen LogP) is 2.85. The Morgan fingerprint density at radius 3 is 2.37 bits per heavy atom. The van der Waals surface area contributed by atoms with E-state index in [0.717, 1.165) is 11.1 Å². The van der Waals surface area contributed by atoms with Crippen LogP contribution in [0.2, 0.25) is 0 Å². The van der Waals surface area contributed by atoms with Crippen molar-refractivity contribution < 1.29 is 38.2 Å². The Morgan fingerprint density at radius 2 is 1.62 bits per heavy atom. The summed E-state index contributed by atoms with van der Waals surface area (Å²) in [6.07, 6.45) is 1.38. The third kappa shape index (κ3) is 12.0. The second-order valence-electron chi connectivity index (χ2n) is 13.2. The SMILES string of the molecule is COc1ccc(CCCNC(=O)[C@@H]2CC(=O)NC(C)(C)CC(=O)N[C@@H](Cc3ccccc3)C(=O)NCCCOc3ccccc3C(=O)N2)cc1OC. The topological polar surface area (TPSA) is 173 Å². The van der Waals surface area contributed by atoms with E-state index in [0.29, 0.717) is 30.8 Å². The zero-order valence-corrected chi connectivity index (χ0v) is 30.2. The molecule has 5 N–H and O–H groups in total. The van der Waals surface area contributed by atoms with Crippen molar-refractivity contribution in [1.29, 1.82) is 0 Å². The van der Waals surface area contributed by atoms with Crippen molar-refractivity contribution in [3.63, 3.8) is 0 Å². The first-order valence-electron chi connectivity index (χ1n) is 17.4. The van der Waals surface area contributed by atoms with Gasteiger partial charge in [0, 0.05) is 31.5 Å². The fraction of sp³-hybridized carbons (Fsp3) is 0.410.